The molecule has 0 spiro atoms. The quantitative estimate of drug-likeness (QED) is 0.0893. The van der Waals surface area contributed by atoms with E-state index in [4.69, 9.17) is 9.47 Å². The smallest absolute Gasteiger partial charge is 0.251 e. The molecule has 0 saturated carbocycles. The van der Waals surface area contributed by atoms with Gasteiger partial charge in [-0.15, -0.1) is 0 Å². The SMILES string of the molecule is CCCCNc1nc(NCCOCCOCCNC(=O)c2ccccc2)nc(NCCC(c2ccccc2)c2ccccc2)n1. The number of benzene rings is 3. The number of nitrogens with one attached hydrogen (secondary N) is 4. The number of anilines is 3. The van der Waals surface area contributed by atoms with Crippen molar-refractivity contribution in [3.05, 3.63) is 108 Å². The molecule has 238 valence electrons. The van der Waals surface area contributed by atoms with Crippen molar-refractivity contribution < 1.29 is 14.3 Å². The van der Waals surface area contributed by atoms with Crippen molar-refractivity contribution in [3.8, 4) is 0 Å². The Morgan fingerprint density at radius 2 is 1.11 bits per heavy atom. The van der Waals surface area contributed by atoms with Crippen molar-refractivity contribution in [2.45, 2.75) is 32.1 Å². The zero-order valence-corrected chi connectivity index (χ0v) is 26.1. The first-order valence-corrected chi connectivity index (χ1v) is 15.8. The largest absolute Gasteiger partial charge is 0.377 e. The fourth-order valence-electron chi connectivity index (χ4n) is 4.70. The van der Waals surface area contributed by atoms with Gasteiger partial charge in [-0.1, -0.05) is 92.2 Å². The maximum absolute atomic E-state index is 12.0. The Morgan fingerprint density at radius 1 is 0.622 bits per heavy atom. The van der Waals surface area contributed by atoms with Gasteiger partial charge in [0, 0.05) is 37.7 Å². The number of amides is 1. The standard InChI is InChI=1S/C35H45N7O3/c1-2-3-20-37-33-40-34(38-21-19-31(28-13-7-4-8-14-28)29-15-9-5-10-16-29)42-35(41-33)39-23-25-45-27-26-44-24-22-36-32(43)30-17-11-6-12-18-30/h4-18,31H,2-3,19-27H2,1H3,(H,36,43)(H3,37,38,39,40,41,42). The molecule has 1 aromatic heterocycles. The van der Waals surface area contributed by atoms with Crippen LogP contribution in [0.2, 0.25) is 0 Å². The van der Waals surface area contributed by atoms with Gasteiger partial charge in [0.2, 0.25) is 17.8 Å². The van der Waals surface area contributed by atoms with Gasteiger partial charge in [-0.05, 0) is 36.1 Å². The molecule has 10 nitrogen and oxygen atoms in total. The van der Waals surface area contributed by atoms with E-state index in [9.17, 15) is 4.79 Å². The third kappa shape index (κ3) is 12.2. The summed E-state index contributed by atoms with van der Waals surface area (Å²) < 4.78 is 11.3. The lowest BCUT2D eigenvalue weighted by Crippen LogP contribution is -2.27. The molecule has 45 heavy (non-hydrogen) atoms. The molecule has 0 fully saturated rings. The number of rotatable bonds is 21. The lowest BCUT2D eigenvalue weighted by molar-refractivity contribution is 0.0519. The highest BCUT2D eigenvalue weighted by Gasteiger charge is 2.14. The third-order valence-electron chi connectivity index (χ3n) is 7.04. The van der Waals surface area contributed by atoms with Crippen LogP contribution in [0.3, 0.4) is 0 Å². The van der Waals surface area contributed by atoms with Gasteiger partial charge < -0.3 is 30.7 Å². The first-order valence-electron chi connectivity index (χ1n) is 15.8. The van der Waals surface area contributed by atoms with Gasteiger partial charge in [0.05, 0.1) is 26.4 Å². The zero-order valence-electron chi connectivity index (χ0n) is 26.1. The number of ether oxygens (including phenoxy) is 2. The number of hydrogen-bond acceptors (Lipinski definition) is 9. The molecule has 1 amide bonds. The fraction of sp³-hybridized carbons (Fsp3) is 0.371. The number of unbranched alkanes of at least 4 members (excludes halogenated alkanes) is 1. The van der Waals surface area contributed by atoms with Crippen molar-refractivity contribution >= 4 is 23.8 Å². The molecule has 0 aliphatic rings. The van der Waals surface area contributed by atoms with Crippen LogP contribution in [-0.2, 0) is 9.47 Å². The maximum atomic E-state index is 12.0. The van der Waals surface area contributed by atoms with E-state index in [1.54, 1.807) is 12.1 Å². The van der Waals surface area contributed by atoms with Crippen LogP contribution in [0, 0.1) is 0 Å². The van der Waals surface area contributed by atoms with Gasteiger partial charge in [0.25, 0.3) is 5.91 Å². The molecule has 0 aliphatic heterocycles. The lowest BCUT2D eigenvalue weighted by atomic mass is 9.88. The fourth-order valence-corrected chi connectivity index (χ4v) is 4.70. The van der Waals surface area contributed by atoms with Crippen molar-refractivity contribution in [2.75, 3.05) is 68.6 Å². The van der Waals surface area contributed by atoms with Crippen molar-refractivity contribution in [1.29, 1.82) is 0 Å². The van der Waals surface area contributed by atoms with E-state index in [1.165, 1.54) is 11.1 Å². The molecular formula is C35H45N7O3. The Labute approximate surface area is 266 Å². The Hall–Kier alpha value is -4.54. The Balaban J connectivity index is 1.19. The predicted octanol–water partition coefficient (Wildman–Crippen LogP) is 5.59. The summed E-state index contributed by atoms with van der Waals surface area (Å²) in [4.78, 5) is 25.8. The predicted molar refractivity (Wildman–Crippen MR) is 180 cm³/mol. The van der Waals surface area contributed by atoms with Crippen LogP contribution in [0.1, 0.15) is 53.6 Å². The van der Waals surface area contributed by atoms with Crippen LogP contribution in [0.4, 0.5) is 17.8 Å². The molecule has 4 aromatic rings. The summed E-state index contributed by atoms with van der Waals surface area (Å²) in [7, 11) is 0. The molecule has 1 heterocycles. The second kappa shape index (κ2) is 19.7. The second-order valence-corrected chi connectivity index (χ2v) is 10.4. The zero-order chi connectivity index (χ0) is 31.4. The number of nitrogens with zero attached hydrogens (tertiary/aromatic N) is 3. The molecule has 4 N–H and O–H groups in total. The minimum atomic E-state index is -0.106. The molecule has 0 atom stereocenters. The summed E-state index contributed by atoms with van der Waals surface area (Å²) in [5.41, 5.74) is 3.20. The van der Waals surface area contributed by atoms with Crippen molar-refractivity contribution in [2.24, 2.45) is 0 Å². The second-order valence-electron chi connectivity index (χ2n) is 10.4. The van der Waals surface area contributed by atoms with Crippen LogP contribution in [-0.4, -0.2) is 73.5 Å². The van der Waals surface area contributed by atoms with E-state index in [2.05, 4.69) is 91.7 Å². The minimum absolute atomic E-state index is 0.106. The molecule has 0 saturated heterocycles. The average Bonchev–Trinajstić information content (AvgIpc) is 3.08. The topological polar surface area (TPSA) is 122 Å². The molecule has 0 bridgehead atoms. The molecule has 0 aliphatic carbocycles. The highest BCUT2D eigenvalue weighted by Crippen LogP contribution is 2.27. The van der Waals surface area contributed by atoms with E-state index < -0.39 is 0 Å². The normalized spacial score (nSPS) is 10.9. The van der Waals surface area contributed by atoms with Gasteiger partial charge in [-0.2, -0.15) is 15.0 Å². The number of hydrogen-bond donors (Lipinski definition) is 4. The van der Waals surface area contributed by atoms with Crippen LogP contribution in [0.15, 0.2) is 91.0 Å². The third-order valence-corrected chi connectivity index (χ3v) is 7.04. The van der Waals surface area contributed by atoms with Gasteiger partial charge in [0.1, 0.15) is 0 Å². The Morgan fingerprint density at radius 3 is 1.67 bits per heavy atom. The number of carbonyl (C=O) groups is 1. The van der Waals surface area contributed by atoms with Gasteiger partial charge in [-0.3, -0.25) is 4.79 Å². The minimum Gasteiger partial charge on any atom is -0.377 e. The Kier molecular flexibility index (Phi) is 14.6. The van der Waals surface area contributed by atoms with E-state index in [1.807, 2.05) is 30.3 Å². The van der Waals surface area contributed by atoms with E-state index in [0.29, 0.717) is 69.5 Å². The van der Waals surface area contributed by atoms with E-state index >= 15 is 0 Å². The summed E-state index contributed by atoms with van der Waals surface area (Å²) in [6.45, 7) is 6.41. The first kappa shape index (κ1) is 33.4. The summed E-state index contributed by atoms with van der Waals surface area (Å²) in [5.74, 6) is 1.71. The Bertz CT molecular complexity index is 1340. The molecule has 10 heteroatoms. The van der Waals surface area contributed by atoms with Crippen molar-refractivity contribution in [3.63, 3.8) is 0 Å². The van der Waals surface area contributed by atoms with Crippen molar-refractivity contribution in [1.82, 2.24) is 20.3 Å². The van der Waals surface area contributed by atoms with Crippen LogP contribution < -0.4 is 21.3 Å². The highest BCUT2D eigenvalue weighted by molar-refractivity contribution is 5.94. The van der Waals surface area contributed by atoms with E-state index in [0.717, 1.165) is 25.8 Å². The molecule has 0 unspecified atom stereocenters. The summed E-state index contributed by atoms with van der Waals surface area (Å²) in [6.07, 6.45) is 3.00. The molecular weight excluding hydrogens is 566 g/mol. The average molecular weight is 612 g/mol. The van der Waals surface area contributed by atoms with Crippen LogP contribution in [0.5, 0.6) is 0 Å². The molecule has 3 aromatic carbocycles. The van der Waals surface area contributed by atoms with Gasteiger partial charge in [-0.25, -0.2) is 0 Å². The van der Waals surface area contributed by atoms with Crippen LogP contribution >= 0.6 is 0 Å². The molecule has 0 radical (unpaired) electrons. The molecule has 4 rings (SSSR count). The maximum Gasteiger partial charge on any atom is 0.251 e. The lowest BCUT2D eigenvalue weighted by Gasteiger charge is -2.19. The first-order chi connectivity index (χ1) is 22.2. The van der Waals surface area contributed by atoms with Gasteiger partial charge >= 0.3 is 0 Å². The monoisotopic (exact) mass is 611 g/mol. The van der Waals surface area contributed by atoms with Crippen LogP contribution in [0.25, 0.3) is 0 Å². The summed E-state index contributed by atoms with van der Waals surface area (Å²) >= 11 is 0. The summed E-state index contributed by atoms with van der Waals surface area (Å²) in [5, 5.41) is 12.8. The number of aromatic nitrogens is 3. The van der Waals surface area contributed by atoms with Gasteiger partial charge in [0.15, 0.2) is 0 Å². The summed E-state index contributed by atoms with van der Waals surface area (Å²) in [6, 6.07) is 30.3. The highest BCUT2D eigenvalue weighted by atomic mass is 16.5. The number of carbonyl (C=O) groups excluding carboxylic acids is 1. The van der Waals surface area contributed by atoms with E-state index in [-0.39, 0.29) is 11.8 Å².